The van der Waals surface area contributed by atoms with Gasteiger partial charge in [-0.3, -0.25) is 4.79 Å². The number of ether oxygens (including phenoxy) is 2. The maximum atomic E-state index is 13.3. The standard InChI is InChI=1S/C25H22N2O3/c1-29-21-12-8-19(9-13-21)23-16-26-25(27(23)17-18-6-4-3-5-7-18)24(28)20-10-14-22(30-2)15-11-20/h3-16H,17H2,1-2H3. The molecule has 0 aliphatic carbocycles. The van der Waals surface area contributed by atoms with E-state index in [0.717, 1.165) is 22.6 Å². The Morgan fingerprint density at radius 1 is 0.833 bits per heavy atom. The van der Waals surface area contributed by atoms with E-state index in [1.165, 1.54) is 0 Å². The molecule has 0 aliphatic rings. The van der Waals surface area contributed by atoms with Crippen molar-refractivity contribution >= 4 is 5.78 Å². The first kappa shape index (κ1) is 19.5. The van der Waals surface area contributed by atoms with Crippen molar-refractivity contribution in [2.24, 2.45) is 0 Å². The summed E-state index contributed by atoms with van der Waals surface area (Å²) in [5.74, 6) is 1.75. The number of ketones is 1. The summed E-state index contributed by atoms with van der Waals surface area (Å²) in [6.45, 7) is 0.541. The van der Waals surface area contributed by atoms with Gasteiger partial charge < -0.3 is 14.0 Å². The first-order valence-corrected chi connectivity index (χ1v) is 9.62. The Kier molecular flexibility index (Phi) is 5.61. The predicted octanol–water partition coefficient (Wildman–Crippen LogP) is 4.85. The van der Waals surface area contributed by atoms with Gasteiger partial charge >= 0.3 is 0 Å². The fourth-order valence-corrected chi connectivity index (χ4v) is 3.35. The Bertz CT molecular complexity index is 1130. The minimum absolute atomic E-state index is 0.131. The normalized spacial score (nSPS) is 10.6. The predicted molar refractivity (Wildman–Crippen MR) is 116 cm³/mol. The van der Waals surface area contributed by atoms with Gasteiger partial charge in [-0.05, 0) is 54.1 Å². The van der Waals surface area contributed by atoms with Gasteiger partial charge in [0.25, 0.3) is 0 Å². The van der Waals surface area contributed by atoms with E-state index in [9.17, 15) is 4.79 Å². The second kappa shape index (κ2) is 8.66. The monoisotopic (exact) mass is 398 g/mol. The molecule has 4 aromatic rings. The van der Waals surface area contributed by atoms with Crippen molar-refractivity contribution in [3.63, 3.8) is 0 Å². The molecule has 0 atom stereocenters. The van der Waals surface area contributed by atoms with Gasteiger partial charge in [-0.2, -0.15) is 0 Å². The van der Waals surface area contributed by atoms with Gasteiger partial charge in [-0.15, -0.1) is 0 Å². The lowest BCUT2D eigenvalue weighted by atomic mass is 10.1. The number of nitrogens with zero attached hydrogens (tertiary/aromatic N) is 2. The molecule has 4 rings (SSSR count). The summed E-state index contributed by atoms with van der Waals surface area (Å²) in [7, 11) is 3.24. The third kappa shape index (κ3) is 3.96. The molecular formula is C25H22N2O3. The van der Waals surface area contributed by atoms with Crippen molar-refractivity contribution in [1.82, 2.24) is 9.55 Å². The summed E-state index contributed by atoms with van der Waals surface area (Å²) in [5.41, 5.74) is 3.50. The van der Waals surface area contributed by atoms with E-state index < -0.39 is 0 Å². The second-order valence-electron chi connectivity index (χ2n) is 6.82. The molecule has 0 unspecified atom stereocenters. The summed E-state index contributed by atoms with van der Waals surface area (Å²) in [6.07, 6.45) is 1.75. The van der Waals surface area contributed by atoms with Gasteiger partial charge in [0.2, 0.25) is 5.78 Å². The van der Waals surface area contributed by atoms with Crippen molar-refractivity contribution in [3.05, 3.63) is 102 Å². The molecule has 150 valence electrons. The number of carbonyl (C=O) groups is 1. The van der Waals surface area contributed by atoms with Crippen molar-refractivity contribution in [1.29, 1.82) is 0 Å². The van der Waals surface area contributed by atoms with Crippen LogP contribution in [0.4, 0.5) is 0 Å². The van der Waals surface area contributed by atoms with Crippen LogP contribution in [0.5, 0.6) is 11.5 Å². The largest absolute Gasteiger partial charge is 0.497 e. The van der Waals surface area contributed by atoms with Crippen molar-refractivity contribution < 1.29 is 14.3 Å². The highest BCUT2D eigenvalue weighted by Gasteiger charge is 2.20. The molecule has 0 bridgehead atoms. The molecule has 0 radical (unpaired) electrons. The summed E-state index contributed by atoms with van der Waals surface area (Å²) >= 11 is 0. The van der Waals surface area contributed by atoms with E-state index in [1.54, 1.807) is 44.7 Å². The average Bonchev–Trinajstić information content (AvgIpc) is 3.22. The molecule has 3 aromatic carbocycles. The highest BCUT2D eigenvalue weighted by molar-refractivity contribution is 6.07. The molecule has 5 heteroatoms. The SMILES string of the molecule is COc1ccc(C(=O)c2ncc(-c3ccc(OC)cc3)n2Cc2ccccc2)cc1. The Morgan fingerprint density at radius 2 is 1.43 bits per heavy atom. The molecular weight excluding hydrogens is 376 g/mol. The van der Waals surface area contributed by atoms with Crippen LogP contribution in [0.2, 0.25) is 0 Å². The number of rotatable bonds is 7. The van der Waals surface area contributed by atoms with E-state index in [-0.39, 0.29) is 5.78 Å². The van der Waals surface area contributed by atoms with Gasteiger partial charge in [-0.25, -0.2) is 4.98 Å². The van der Waals surface area contributed by atoms with E-state index >= 15 is 0 Å². The summed E-state index contributed by atoms with van der Waals surface area (Å²) in [4.78, 5) is 17.8. The summed E-state index contributed by atoms with van der Waals surface area (Å²) in [6, 6.07) is 24.9. The van der Waals surface area contributed by atoms with Gasteiger partial charge in [0.1, 0.15) is 11.5 Å². The highest BCUT2D eigenvalue weighted by atomic mass is 16.5. The van der Waals surface area contributed by atoms with Gasteiger partial charge in [-0.1, -0.05) is 30.3 Å². The fraction of sp³-hybridized carbons (Fsp3) is 0.120. The smallest absolute Gasteiger partial charge is 0.228 e. The summed E-state index contributed by atoms with van der Waals surface area (Å²) < 4.78 is 12.4. The minimum Gasteiger partial charge on any atom is -0.497 e. The number of benzene rings is 3. The third-order valence-electron chi connectivity index (χ3n) is 4.98. The minimum atomic E-state index is -0.131. The number of hydrogen-bond donors (Lipinski definition) is 0. The number of imidazole rings is 1. The number of hydrogen-bond acceptors (Lipinski definition) is 4. The lowest BCUT2D eigenvalue weighted by Gasteiger charge is -2.13. The lowest BCUT2D eigenvalue weighted by molar-refractivity contribution is 0.102. The third-order valence-corrected chi connectivity index (χ3v) is 4.98. The van der Waals surface area contributed by atoms with Gasteiger partial charge in [0.05, 0.1) is 26.1 Å². The number of carbonyl (C=O) groups excluding carboxylic acids is 1. The van der Waals surface area contributed by atoms with Crippen LogP contribution < -0.4 is 9.47 Å². The summed E-state index contributed by atoms with van der Waals surface area (Å²) in [5, 5.41) is 0. The molecule has 0 saturated heterocycles. The zero-order chi connectivity index (χ0) is 20.9. The van der Waals surface area contributed by atoms with E-state index in [4.69, 9.17) is 9.47 Å². The Labute approximate surface area is 175 Å². The van der Waals surface area contributed by atoms with Crippen LogP contribution in [-0.4, -0.2) is 29.6 Å². The zero-order valence-electron chi connectivity index (χ0n) is 16.9. The van der Waals surface area contributed by atoms with Crippen LogP contribution in [0.15, 0.2) is 85.1 Å². The molecule has 5 nitrogen and oxygen atoms in total. The molecule has 1 heterocycles. The van der Waals surface area contributed by atoms with Crippen LogP contribution in [0.3, 0.4) is 0 Å². The maximum absolute atomic E-state index is 13.3. The number of methoxy groups -OCH3 is 2. The molecule has 0 aliphatic heterocycles. The molecule has 0 fully saturated rings. The Balaban J connectivity index is 1.77. The molecule has 0 spiro atoms. The first-order chi connectivity index (χ1) is 14.7. The Morgan fingerprint density at radius 3 is 2.03 bits per heavy atom. The van der Waals surface area contributed by atoms with Crippen molar-refractivity contribution in [2.75, 3.05) is 14.2 Å². The van der Waals surface area contributed by atoms with E-state index in [2.05, 4.69) is 4.98 Å². The van der Waals surface area contributed by atoms with E-state index in [0.29, 0.717) is 23.7 Å². The highest BCUT2D eigenvalue weighted by Crippen LogP contribution is 2.26. The molecule has 0 saturated carbocycles. The first-order valence-electron chi connectivity index (χ1n) is 9.62. The maximum Gasteiger partial charge on any atom is 0.228 e. The van der Waals surface area contributed by atoms with E-state index in [1.807, 2.05) is 59.2 Å². The van der Waals surface area contributed by atoms with Crippen LogP contribution in [0.25, 0.3) is 11.3 Å². The van der Waals surface area contributed by atoms with Crippen LogP contribution in [-0.2, 0) is 6.54 Å². The average molecular weight is 398 g/mol. The lowest BCUT2D eigenvalue weighted by Crippen LogP contribution is -2.13. The molecule has 0 N–H and O–H groups in total. The second-order valence-corrected chi connectivity index (χ2v) is 6.82. The van der Waals surface area contributed by atoms with Crippen LogP contribution in [0.1, 0.15) is 21.7 Å². The van der Waals surface area contributed by atoms with Gasteiger partial charge in [0, 0.05) is 17.7 Å². The zero-order valence-corrected chi connectivity index (χ0v) is 16.9. The fourth-order valence-electron chi connectivity index (χ4n) is 3.35. The molecule has 0 amide bonds. The number of aromatic nitrogens is 2. The molecule has 30 heavy (non-hydrogen) atoms. The topological polar surface area (TPSA) is 53.4 Å². The van der Waals surface area contributed by atoms with Gasteiger partial charge in [0.15, 0.2) is 5.82 Å². The quantitative estimate of drug-likeness (QED) is 0.418. The van der Waals surface area contributed by atoms with Crippen LogP contribution >= 0.6 is 0 Å². The van der Waals surface area contributed by atoms with Crippen LogP contribution in [0, 0.1) is 0 Å². The van der Waals surface area contributed by atoms with Crippen molar-refractivity contribution in [3.8, 4) is 22.8 Å². The molecule has 1 aromatic heterocycles. The van der Waals surface area contributed by atoms with Crippen molar-refractivity contribution in [2.45, 2.75) is 6.54 Å². The Hall–Kier alpha value is -3.86.